The van der Waals surface area contributed by atoms with Gasteiger partial charge in [-0.2, -0.15) is 0 Å². The summed E-state index contributed by atoms with van der Waals surface area (Å²) in [7, 11) is 1.63. The van der Waals surface area contributed by atoms with E-state index in [4.69, 9.17) is 9.47 Å². The molecule has 0 radical (unpaired) electrons. The van der Waals surface area contributed by atoms with Crippen molar-refractivity contribution in [3.63, 3.8) is 0 Å². The summed E-state index contributed by atoms with van der Waals surface area (Å²) >= 11 is 2.26. The first-order valence-corrected chi connectivity index (χ1v) is 6.98. The molecule has 1 rings (SSSR count). The van der Waals surface area contributed by atoms with Crippen LogP contribution in [0.2, 0.25) is 0 Å². The number of rotatable bonds is 8. The standard InChI is InChI=1S/C13H20INO3/c1-10(8-17-2)18-9-11(16)7-15-13-6-4-3-5-12(13)14/h3-6,10-11,15-16H,7-9H2,1-2H3. The average molecular weight is 365 g/mol. The Morgan fingerprint density at radius 2 is 2.06 bits per heavy atom. The van der Waals surface area contributed by atoms with E-state index < -0.39 is 6.10 Å². The molecule has 0 bridgehead atoms. The Morgan fingerprint density at radius 1 is 1.33 bits per heavy atom. The van der Waals surface area contributed by atoms with Crippen molar-refractivity contribution in [1.29, 1.82) is 0 Å². The fourth-order valence-electron chi connectivity index (χ4n) is 1.45. The Balaban J connectivity index is 2.25. The largest absolute Gasteiger partial charge is 0.389 e. The normalized spacial score (nSPS) is 14.2. The van der Waals surface area contributed by atoms with Crippen molar-refractivity contribution in [2.24, 2.45) is 0 Å². The summed E-state index contributed by atoms with van der Waals surface area (Å²) in [6.45, 7) is 3.24. The number of aliphatic hydroxyl groups excluding tert-OH is 1. The minimum absolute atomic E-state index is 0.00140. The van der Waals surface area contributed by atoms with E-state index in [1.54, 1.807) is 7.11 Å². The second-order valence-electron chi connectivity index (χ2n) is 4.11. The van der Waals surface area contributed by atoms with Crippen molar-refractivity contribution in [3.05, 3.63) is 27.8 Å². The van der Waals surface area contributed by atoms with E-state index in [0.29, 0.717) is 19.8 Å². The molecule has 0 amide bonds. The highest BCUT2D eigenvalue weighted by atomic mass is 127. The molecular weight excluding hydrogens is 345 g/mol. The van der Waals surface area contributed by atoms with Gasteiger partial charge < -0.3 is 19.9 Å². The third-order valence-electron chi connectivity index (χ3n) is 2.38. The summed E-state index contributed by atoms with van der Waals surface area (Å²) in [6.07, 6.45) is -0.526. The third kappa shape index (κ3) is 5.99. The van der Waals surface area contributed by atoms with E-state index in [9.17, 15) is 5.11 Å². The fraction of sp³-hybridized carbons (Fsp3) is 0.538. The van der Waals surface area contributed by atoms with Gasteiger partial charge in [0, 0.05) is 22.9 Å². The second kappa shape index (κ2) is 8.68. The van der Waals surface area contributed by atoms with E-state index in [2.05, 4.69) is 27.9 Å². The van der Waals surface area contributed by atoms with Crippen molar-refractivity contribution in [1.82, 2.24) is 0 Å². The van der Waals surface area contributed by atoms with Crippen molar-refractivity contribution < 1.29 is 14.6 Å². The summed E-state index contributed by atoms with van der Waals surface area (Å²) in [6, 6.07) is 7.96. The summed E-state index contributed by atoms with van der Waals surface area (Å²) < 4.78 is 11.5. The SMILES string of the molecule is COCC(C)OCC(O)CNc1ccccc1I. The number of methoxy groups -OCH3 is 1. The van der Waals surface area contributed by atoms with E-state index in [1.807, 2.05) is 31.2 Å². The fourth-order valence-corrected chi connectivity index (χ4v) is 2.03. The minimum atomic E-state index is -0.527. The summed E-state index contributed by atoms with van der Waals surface area (Å²) in [5, 5.41) is 13.0. The molecule has 0 aliphatic rings. The summed E-state index contributed by atoms with van der Waals surface area (Å²) in [4.78, 5) is 0. The summed E-state index contributed by atoms with van der Waals surface area (Å²) in [5.74, 6) is 0. The molecule has 2 atom stereocenters. The molecule has 0 fully saturated rings. The van der Waals surface area contributed by atoms with Crippen LogP contribution in [0.1, 0.15) is 6.92 Å². The number of ether oxygens (including phenoxy) is 2. The number of para-hydroxylation sites is 1. The van der Waals surface area contributed by atoms with E-state index >= 15 is 0 Å². The topological polar surface area (TPSA) is 50.7 Å². The maximum absolute atomic E-state index is 9.79. The van der Waals surface area contributed by atoms with Crippen LogP contribution in [-0.2, 0) is 9.47 Å². The second-order valence-corrected chi connectivity index (χ2v) is 5.28. The Hall–Kier alpha value is -0.370. The number of anilines is 1. The van der Waals surface area contributed by atoms with Gasteiger partial charge in [-0.05, 0) is 41.6 Å². The maximum Gasteiger partial charge on any atom is 0.0945 e. The van der Waals surface area contributed by atoms with Crippen LogP contribution in [0.3, 0.4) is 0 Å². The van der Waals surface area contributed by atoms with Gasteiger partial charge in [0.15, 0.2) is 0 Å². The first-order chi connectivity index (χ1) is 8.63. The predicted molar refractivity (Wildman–Crippen MR) is 80.9 cm³/mol. The van der Waals surface area contributed by atoms with E-state index in [-0.39, 0.29) is 6.10 Å². The lowest BCUT2D eigenvalue weighted by Crippen LogP contribution is -2.28. The van der Waals surface area contributed by atoms with Crippen molar-refractivity contribution in [2.75, 3.05) is 32.2 Å². The molecule has 102 valence electrons. The van der Waals surface area contributed by atoms with Crippen LogP contribution in [0.15, 0.2) is 24.3 Å². The first kappa shape index (κ1) is 15.7. The van der Waals surface area contributed by atoms with Crippen LogP contribution >= 0.6 is 22.6 Å². The average Bonchev–Trinajstić information content (AvgIpc) is 2.36. The van der Waals surface area contributed by atoms with Gasteiger partial charge in [0.2, 0.25) is 0 Å². The van der Waals surface area contributed by atoms with E-state index in [1.165, 1.54) is 0 Å². The van der Waals surface area contributed by atoms with Crippen LogP contribution in [0.5, 0.6) is 0 Å². The molecule has 2 N–H and O–H groups in total. The molecule has 0 heterocycles. The van der Waals surface area contributed by atoms with Crippen LogP contribution < -0.4 is 5.32 Å². The molecule has 0 aliphatic heterocycles. The van der Waals surface area contributed by atoms with Crippen LogP contribution in [0, 0.1) is 3.57 Å². The zero-order valence-electron chi connectivity index (χ0n) is 10.7. The number of nitrogens with one attached hydrogen (secondary N) is 1. The van der Waals surface area contributed by atoms with Crippen LogP contribution in [0.4, 0.5) is 5.69 Å². The van der Waals surface area contributed by atoms with Gasteiger partial charge in [0.05, 0.1) is 25.4 Å². The highest BCUT2D eigenvalue weighted by Crippen LogP contribution is 2.16. The predicted octanol–water partition coefficient (Wildman–Crippen LogP) is 2.12. The molecule has 0 saturated heterocycles. The smallest absolute Gasteiger partial charge is 0.0945 e. The maximum atomic E-state index is 9.79. The van der Waals surface area contributed by atoms with Gasteiger partial charge >= 0.3 is 0 Å². The Bertz CT molecular complexity index is 349. The molecular formula is C13H20INO3. The van der Waals surface area contributed by atoms with Gasteiger partial charge in [0.1, 0.15) is 0 Å². The molecule has 5 heteroatoms. The Morgan fingerprint density at radius 3 is 2.72 bits per heavy atom. The number of aliphatic hydroxyl groups is 1. The van der Waals surface area contributed by atoms with E-state index in [0.717, 1.165) is 9.26 Å². The molecule has 1 aromatic rings. The molecule has 0 spiro atoms. The quantitative estimate of drug-likeness (QED) is 0.693. The highest BCUT2D eigenvalue weighted by molar-refractivity contribution is 14.1. The van der Waals surface area contributed by atoms with Gasteiger partial charge in [-0.1, -0.05) is 12.1 Å². The number of hydrogen-bond donors (Lipinski definition) is 2. The minimum Gasteiger partial charge on any atom is -0.389 e. The highest BCUT2D eigenvalue weighted by Gasteiger charge is 2.08. The molecule has 18 heavy (non-hydrogen) atoms. The number of hydrogen-bond acceptors (Lipinski definition) is 4. The van der Waals surface area contributed by atoms with Crippen molar-refractivity contribution >= 4 is 28.3 Å². The Labute approximate surface area is 122 Å². The van der Waals surface area contributed by atoms with Gasteiger partial charge in [-0.3, -0.25) is 0 Å². The van der Waals surface area contributed by atoms with Gasteiger partial charge in [0.25, 0.3) is 0 Å². The number of halogens is 1. The Kier molecular flexibility index (Phi) is 7.57. The number of benzene rings is 1. The monoisotopic (exact) mass is 365 g/mol. The van der Waals surface area contributed by atoms with Gasteiger partial charge in [-0.15, -0.1) is 0 Å². The molecule has 1 aromatic carbocycles. The van der Waals surface area contributed by atoms with Crippen LogP contribution in [-0.4, -0.2) is 44.2 Å². The molecule has 0 aliphatic carbocycles. The zero-order valence-corrected chi connectivity index (χ0v) is 12.9. The lowest BCUT2D eigenvalue weighted by molar-refractivity contribution is -0.0282. The molecule has 0 aromatic heterocycles. The molecule has 0 saturated carbocycles. The lowest BCUT2D eigenvalue weighted by Gasteiger charge is -2.17. The van der Waals surface area contributed by atoms with Gasteiger partial charge in [-0.25, -0.2) is 0 Å². The molecule has 2 unspecified atom stereocenters. The first-order valence-electron chi connectivity index (χ1n) is 5.90. The zero-order chi connectivity index (χ0) is 13.4. The van der Waals surface area contributed by atoms with Crippen molar-refractivity contribution in [2.45, 2.75) is 19.1 Å². The van der Waals surface area contributed by atoms with Crippen molar-refractivity contribution in [3.8, 4) is 0 Å². The lowest BCUT2D eigenvalue weighted by atomic mass is 10.3. The van der Waals surface area contributed by atoms with Crippen LogP contribution in [0.25, 0.3) is 0 Å². The summed E-state index contributed by atoms with van der Waals surface area (Å²) in [5.41, 5.74) is 1.03. The third-order valence-corrected chi connectivity index (χ3v) is 3.32. The molecule has 4 nitrogen and oxygen atoms in total.